The van der Waals surface area contributed by atoms with Gasteiger partial charge in [-0.1, -0.05) is 0 Å². The van der Waals surface area contributed by atoms with Crippen LogP contribution in [0.5, 0.6) is 0 Å². The van der Waals surface area contributed by atoms with E-state index in [0.717, 1.165) is 26.5 Å². The maximum absolute atomic E-state index is 8.43. The van der Waals surface area contributed by atoms with Gasteiger partial charge in [-0.3, -0.25) is 4.90 Å². The monoisotopic (exact) mass is 211 g/mol. The molecule has 0 saturated carbocycles. The zero-order valence-electron chi connectivity index (χ0n) is 8.68. The minimum Gasteiger partial charge on any atom is -0.372 e. The quantitative estimate of drug-likeness (QED) is 0.278. The van der Waals surface area contributed by atoms with Crippen LogP contribution in [0.2, 0.25) is 0 Å². The summed E-state index contributed by atoms with van der Waals surface area (Å²) in [5.41, 5.74) is 0. The molecule has 0 aromatic rings. The molecule has 2 aliphatic heterocycles. The zero-order valence-corrected chi connectivity index (χ0v) is 8.68. The molecule has 1 unspecified atom stereocenters. The third kappa shape index (κ3) is 2.81. The molecule has 15 heavy (non-hydrogen) atoms. The normalized spacial score (nSPS) is 30.2. The van der Waals surface area contributed by atoms with Crippen molar-refractivity contribution in [1.29, 1.82) is 5.26 Å². The molecule has 82 valence electrons. The fourth-order valence-corrected chi connectivity index (χ4v) is 1.97. The van der Waals surface area contributed by atoms with E-state index in [1.807, 2.05) is 6.19 Å². The van der Waals surface area contributed by atoms with E-state index in [-0.39, 0.29) is 0 Å². The van der Waals surface area contributed by atoms with Crippen LogP contribution in [-0.4, -0.2) is 38.6 Å². The van der Waals surface area contributed by atoms with E-state index in [9.17, 15) is 0 Å². The van der Waals surface area contributed by atoms with E-state index in [2.05, 4.69) is 15.6 Å². The molecule has 0 radical (unpaired) electrons. The van der Waals surface area contributed by atoms with Crippen LogP contribution in [0.4, 0.5) is 0 Å². The molecule has 0 amide bonds. The average Bonchev–Trinajstić information content (AvgIpc) is 2.74. The first-order valence-electron chi connectivity index (χ1n) is 5.33. The van der Waals surface area contributed by atoms with Gasteiger partial charge in [0.25, 0.3) is 6.19 Å². The minimum absolute atomic E-state index is 0.411. The summed E-state index contributed by atoms with van der Waals surface area (Å²) in [6.45, 7) is 3.60. The van der Waals surface area contributed by atoms with Crippen LogP contribution in [0.3, 0.4) is 0 Å². The second-order valence-electron chi connectivity index (χ2n) is 3.91. The van der Waals surface area contributed by atoms with Gasteiger partial charge in [0.1, 0.15) is 12.6 Å². The topological polar surface area (TPSA) is 75.5 Å². The molecule has 6 heteroatoms. The number of guanidine groups is 1. The lowest BCUT2D eigenvalue weighted by atomic mass is 10.2. The van der Waals surface area contributed by atoms with E-state index in [0.29, 0.717) is 12.1 Å². The average molecular weight is 211 g/mol. The van der Waals surface area contributed by atoms with Crippen molar-refractivity contribution in [3.63, 3.8) is 0 Å². The second kappa shape index (κ2) is 4.96. The lowest BCUT2D eigenvalue weighted by Gasteiger charge is -2.21. The molecule has 2 heterocycles. The molecule has 2 atom stereocenters. The predicted molar refractivity (Wildman–Crippen MR) is 52.4 cm³/mol. The highest BCUT2D eigenvalue weighted by atomic mass is 16.5. The number of nitrogens with one attached hydrogen (secondary N) is 4. The Bertz CT molecular complexity index is 279. The Balaban J connectivity index is 1.75. The molecule has 2 aliphatic rings. The van der Waals surface area contributed by atoms with Crippen molar-refractivity contribution < 1.29 is 14.6 Å². The van der Waals surface area contributed by atoms with Gasteiger partial charge >= 0.3 is 5.96 Å². The summed E-state index contributed by atoms with van der Waals surface area (Å²) in [6.07, 6.45) is 4.65. The third-order valence-corrected chi connectivity index (χ3v) is 2.75. The van der Waals surface area contributed by atoms with Crippen molar-refractivity contribution in [2.75, 3.05) is 26.5 Å². The van der Waals surface area contributed by atoms with Crippen LogP contribution in [0, 0.1) is 11.5 Å². The Hall–Kier alpha value is -1.32. The number of hydrogen-bond acceptors (Lipinski definition) is 4. The molecule has 0 aromatic carbocycles. The first-order chi connectivity index (χ1) is 7.38. The van der Waals surface area contributed by atoms with Crippen LogP contribution < -0.4 is 20.5 Å². The molecule has 0 bridgehead atoms. The summed E-state index contributed by atoms with van der Waals surface area (Å²) in [6, 6.07) is 0. The largest absolute Gasteiger partial charge is 0.372 e. The van der Waals surface area contributed by atoms with Gasteiger partial charge in [0.15, 0.2) is 13.3 Å². The number of rotatable bonds is 2. The predicted octanol–water partition coefficient (Wildman–Crippen LogP) is -3.92. The summed E-state index contributed by atoms with van der Waals surface area (Å²) in [4.78, 5) is 4.53. The van der Waals surface area contributed by atoms with Crippen molar-refractivity contribution in [2.45, 2.75) is 18.9 Å². The summed E-state index contributed by atoms with van der Waals surface area (Å²) in [5.74, 6) is 0.702. The van der Waals surface area contributed by atoms with Crippen molar-refractivity contribution in [2.24, 2.45) is 0 Å². The van der Waals surface area contributed by atoms with Gasteiger partial charge in [0, 0.05) is 6.61 Å². The molecular formula is C9H17N5O+2. The molecule has 1 saturated heterocycles. The van der Waals surface area contributed by atoms with Gasteiger partial charge in [-0.05, 0) is 12.8 Å². The van der Waals surface area contributed by atoms with Crippen molar-refractivity contribution in [1.82, 2.24) is 10.6 Å². The third-order valence-electron chi connectivity index (χ3n) is 2.75. The highest BCUT2D eigenvalue weighted by molar-refractivity contribution is 5.75. The highest BCUT2D eigenvalue weighted by Gasteiger charge is 2.25. The van der Waals surface area contributed by atoms with Gasteiger partial charge in [-0.25, -0.2) is 10.3 Å². The van der Waals surface area contributed by atoms with Gasteiger partial charge in [-0.2, -0.15) is 10.6 Å². The molecule has 4 N–H and O–H groups in total. The molecule has 0 spiro atoms. The SMILES string of the molecule is N#CNC1=[NH+]C[NH+](C[C@H]2CCCO2)CN1. The van der Waals surface area contributed by atoms with Crippen LogP contribution in [0.15, 0.2) is 0 Å². The molecule has 0 aliphatic carbocycles. The lowest BCUT2D eigenvalue weighted by Crippen LogP contribution is -3.25. The Morgan fingerprint density at radius 2 is 2.67 bits per heavy atom. The number of nitrogens with zero attached hydrogens (tertiary/aromatic N) is 1. The Kier molecular flexibility index (Phi) is 3.37. The summed E-state index contributed by atoms with van der Waals surface area (Å²) in [5, 5.41) is 14.1. The van der Waals surface area contributed by atoms with Gasteiger partial charge < -0.3 is 4.74 Å². The Morgan fingerprint density at radius 3 is 3.27 bits per heavy atom. The molecular weight excluding hydrogens is 194 g/mol. The van der Waals surface area contributed by atoms with Gasteiger partial charge in [0.2, 0.25) is 0 Å². The van der Waals surface area contributed by atoms with Gasteiger partial charge in [-0.15, -0.1) is 0 Å². The number of hydrogen-bond donors (Lipinski definition) is 4. The summed E-state index contributed by atoms with van der Waals surface area (Å²) >= 11 is 0. The number of quaternary nitrogens is 1. The summed E-state index contributed by atoms with van der Waals surface area (Å²) in [7, 11) is 0. The molecule has 0 aromatic heterocycles. The van der Waals surface area contributed by atoms with Crippen LogP contribution in [0.25, 0.3) is 0 Å². The first-order valence-corrected chi connectivity index (χ1v) is 5.33. The zero-order chi connectivity index (χ0) is 10.5. The molecule has 6 nitrogen and oxygen atoms in total. The second-order valence-corrected chi connectivity index (χ2v) is 3.91. The number of nitriles is 1. The van der Waals surface area contributed by atoms with Crippen LogP contribution in [0.1, 0.15) is 12.8 Å². The standard InChI is InChI=1S/C9H15N5O/c10-5-11-9-12-6-14(7-13-9)4-8-2-1-3-15-8/h8H,1-4,6-7H2,(H2,11,12,13)/p+2/t8-/m1/s1. The van der Waals surface area contributed by atoms with E-state index in [1.165, 1.54) is 17.7 Å². The maximum atomic E-state index is 8.43. The highest BCUT2D eigenvalue weighted by Crippen LogP contribution is 2.09. The smallest absolute Gasteiger partial charge is 0.366 e. The van der Waals surface area contributed by atoms with Crippen molar-refractivity contribution in [3.8, 4) is 6.19 Å². The van der Waals surface area contributed by atoms with E-state index in [4.69, 9.17) is 10.00 Å². The van der Waals surface area contributed by atoms with Crippen LogP contribution in [-0.2, 0) is 4.74 Å². The molecule has 2 rings (SSSR count). The lowest BCUT2D eigenvalue weighted by molar-refractivity contribution is -0.982. The number of ether oxygens (including phenoxy) is 1. The first kappa shape index (κ1) is 10.2. The van der Waals surface area contributed by atoms with E-state index < -0.39 is 0 Å². The minimum atomic E-state index is 0.411. The maximum Gasteiger partial charge on any atom is 0.366 e. The van der Waals surface area contributed by atoms with E-state index in [1.54, 1.807) is 0 Å². The van der Waals surface area contributed by atoms with Crippen molar-refractivity contribution >= 4 is 5.96 Å². The van der Waals surface area contributed by atoms with Gasteiger partial charge in [0.05, 0.1) is 0 Å². The van der Waals surface area contributed by atoms with E-state index >= 15 is 0 Å². The van der Waals surface area contributed by atoms with Crippen LogP contribution >= 0.6 is 0 Å². The Labute approximate surface area is 88.9 Å². The fourth-order valence-electron chi connectivity index (χ4n) is 1.97. The molecule has 1 fully saturated rings. The summed E-state index contributed by atoms with van der Waals surface area (Å²) < 4.78 is 5.58. The van der Waals surface area contributed by atoms with Crippen molar-refractivity contribution in [3.05, 3.63) is 0 Å². The fraction of sp³-hybridized carbons (Fsp3) is 0.778. The Morgan fingerprint density at radius 1 is 1.73 bits per heavy atom.